The first kappa shape index (κ1) is 32.3. The highest BCUT2D eigenvalue weighted by Gasteiger charge is 2.15. The van der Waals surface area contributed by atoms with Gasteiger partial charge in [-0.3, -0.25) is 0 Å². The van der Waals surface area contributed by atoms with Crippen molar-refractivity contribution in [3.63, 3.8) is 0 Å². The lowest BCUT2D eigenvalue weighted by Crippen LogP contribution is -1.96. The normalized spacial score (nSPS) is 11.3. The highest BCUT2D eigenvalue weighted by molar-refractivity contribution is 6.12. The van der Waals surface area contributed by atoms with Crippen molar-refractivity contribution in [3.05, 3.63) is 206 Å². The highest BCUT2D eigenvalue weighted by atomic mass is 16.3. The van der Waals surface area contributed by atoms with Crippen molar-refractivity contribution in [1.29, 1.82) is 0 Å². The minimum Gasteiger partial charge on any atom is -0.456 e. The van der Waals surface area contributed by atoms with Crippen LogP contribution in [-0.4, -0.2) is 9.97 Å². The van der Waals surface area contributed by atoms with E-state index in [0.29, 0.717) is 5.82 Å². The van der Waals surface area contributed by atoms with Crippen LogP contribution < -0.4 is 0 Å². The second kappa shape index (κ2) is 13.9. The zero-order valence-electron chi connectivity index (χ0n) is 29.9. The Labute approximate surface area is 319 Å². The Morgan fingerprint density at radius 2 is 0.745 bits per heavy atom. The Bertz CT molecular complexity index is 2960. The Kier molecular flexibility index (Phi) is 8.16. The molecule has 0 spiro atoms. The van der Waals surface area contributed by atoms with Crippen molar-refractivity contribution < 1.29 is 4.42 Å². The molecule has 0 fully saturated rings. The van der Waals surface area contributed by atoms with Gasteiger partial charge in [0.1, 0.15) is 11.2 Å². The number of hydrogen-bond acceptors (Lipinski definition) is 3. The van der Waals surface area contributed by atoms with Crippen LogP contribution in [0.1, 0.15) is 0 Å². The average molecular weight is 703 g/mol. The van der Waals surface area contributed by atoms with Crippen LogP contribution in [0.15, 0.2) is 211 Å². The van der Waals surface area contributed by atoms with Crippen LogP contribution in [0.25, 0.3) is 100 Å². The van der Waals surface area contributed by atoms with Crippen LogP contribution in [0, 0.1) is 0 Å². The van der Waals surface area contributed by atoms with Crippen molar-refractivity contribution in [2.24, 2.45) is 0 Å². The standard InChI is InChI=1S/C52H34N2O/c1-3-13-35(14-4-1)39-17-9-18-40(31-39)41-19-10-20-42(32-41)43-21-11-22-44(33-43)48-34-47(53-52(54-48)38-15-5-2-6-16-38)37-29-27-36(28-30-37)45-24-12-26-50-51(45)46-23-7-8-25-49(46)55-50/h1-34H. The third kappa shape index (κ3) is 6.28. The van der Waals surface area contributed by atoms with Gasteiger partial charge in [-0.15, -0.1) is 0 Å². The summed E-state index contributed by atoms with van der Waals surface area (Å²) in [7, 11) is 0. The number of hydrogen-bond donors (Lipinski definition) is 0. The molecule has 10 rings (SSSR count). The van der Waals surface area contributed by atoms with Gasteiger partial charge in [-0.2, -0.15) is 0 Å². The predicted octanol–water partition coefficient (Wildman–Crippen LogP) is 14.0. The summed E-state index contributed by atoms with van der Waals surface area (Å²) in [5, 5.41) is 2.25. The molecular formula is C52H34N2O. The zero-order chi connectivity index (χ0) is 36.6. The third-order valence-corrected chi connectivity index (χ3v) is 10.3. The van der Waals surface area contributed by atoms with Gasteiger partial charge < -0.3 is 4.42 Å². The van der Waals surface area contributed by atoms with Crippen molar-refractivity contribution in [2.75, 3.05) is 0 Å². The van der Waals surface area contributed by atoms with Gasteiger partial charge >= 0.3 is 0 Å². The Hall–Kier alpha value is -7.36. The van der Waals surface area contributed by atoms with Gasteiger partial charge in [0.05, 0.1) is 11.4 Å². The van der Waals surface area contributed by atoms with Gasteiger partial charge in [0.2, 0.25) is 0 Å². The number of para-hydroxylation sites is 1. The molecule has 0 bridgehead atoms. The van der Waals surface area contributed by atoms with E-state index in [1.807, 2.05) is 36.4 Å². The molecule has 0 saturated heterocycles. The van der Waals surface area contributed by atoms with Crippen molar-refractivity contribution in [3.8, 4) is 78.4 Å². The number of rotatable bonds is 7. The van der Waals surface area contributed by atoms with Crippen LogP contribution in [-0.2, 0) is 0 Å². The van der Waals surface area contributed by atoms with Crippen LogP contribution in [0.2, 0.25) is 0 Å². The minimum absolute atomic E-state index is 0.692. The Balaban J connectivity index is 1.02. The molecule has 10 aromatic rings. The molecule has 0 aliphatic carbocycles. The summed E-state index contributed by atoms with van der Waals surface area (Å²) in [5.74, 6) is 0.692. The van der Waals surface area contributed by atoms with Crippen molar-refractivity contribution in [2.45, 2.75) is 0 Å². The van der Waals surface area contributed by atoms with E-state index in [9.17, 15) is 0 Å². The molecule has 0 aliphatic rings. The fourth-order valence-corrected chi connectivity index (χ4v) is 7.54. The fourth-order valence-electron chi connectivity index (χ4n) is 7.54. The molecular weight excluding hydrogens is 669 g/mol. The first-order valence-electron chi connectivity index (χ1n) is 18.6. The summed E-state index contributed by atoms with van der Waals surface area (Å²) in [6.45, 7) is 0. The topological polar surface area (TPSA) is 38.9 Å². The molecule has 3 nitrogen and oxygen atoms in total. The Morgan fingerprint density at radius 3 is 1.40 bits per heavy atom. The first-order chi connectivity index (χ1) is 27.2. The number of aromatic nitrogens is 2. The van der Waals surface area contributed by atoms with E-state index in [0.717, 1.165) is 72.3 Å². The zero-order valence-corrected chi connectivity index (χ0v) is 29.9. The molecule has 0 aliphatic heterocycles. The lowest BCUT2D eigenvalue weighted by Gasteiger charge is -2.12. The monoisotopic (exact) mass is 702 g/mol. The SMILES string of the molecule is c1ccc(-c2cccc(-c3cccc(-c4cccc(-c5cc(-c6ccc(-c7cccc8oc9ccccc9c78)cc6)nc(-c6ccccc6)n5)c4)c3)c2)cc1. The van der Waals surface area contributed by atoms with Gasteiger partial charge in [-0.1, -0.05) is 170 Å². The first-order valence-corrected chi connectivity index (χ1v) is 18.6. The molecule has 258 valence electrons. The summed E-state index contributed by atoms with van der Waals surface area (Å²) in [6, 6.07) is 72.2. The van der Waals surface area contributed by atoms with E-state index in [4.69, 9.17) is 14.4 Å². The fraction of sp³-hybridized carbons (Fsp3) is 0. The van der Waals surface area contributed by atoms with Gasteiger partial charge in [-0.05, 0) is 80.9 Å². The van der Waals surface area contributed by atoms with Gasteiger partial charge in [0.15, 0.2) is 5.82 Å². The largest absolute Gasteiger partial charge is 0.456 e. The number of fused-ring (bicyclic) bond motifs is 3. The van der Waals surface area contributed by atoms with Crippen LogP contribution in [0.4, 0.5) is 0 Å². The molecule has 3 heteroatoms. The summed E-state index contributed by atoms with van der Waals surface area (Å²) in [6.07, 6.45) is 0. The van der Waals surface area contributed by atoms with Gasteiger partial charge in [-0.25, -0.2) is 9.97 Å². The summed E-state index contributed by atoms with van der Waals surface area (Å²) >= 11 is 0. The van der Waals surface area contributed by atoms with E-state index in [-0.39, 0.29) is 0 Å². The van der Waals surface area contributed by atoms with E-state index >= 15 is 0 Å². The molecule has 2 heterocycles. The molecule has 8 aromatic carbocycles. The van der Waals surface area contributed by atoms with Crippen LogP contribution in [0.5, 0.6) is 0 Å². The van der Waals surface area contributed by atoms with Crippen LogP contribution >= 0.6 is 0 Å². The van der Waals surface area contributed by atoms with E-state index in [2.05, 4.69) is 170 Å². The number of nitrogens with zero attached hydrogens (tertiary/aromatic N) is 2. The van der Waals surface area contributed by atoms with E-state index in [1.54, 1.807) is 0 Å². The summed E-state index contributed by atoms with van der Waals surface area (Å²) in [4.78, 5) is 10.3. The van der Waals surface area contributed by atoms with E-state index < -0.39 is 0 Å². The average Bonchev–Trinajstić information content (AvgIpc) is 3.66. The van der Waals surface area contributed by atoms with Crippen molar-refractivity contribution >= 4 is 21.9 Å². The molecule has 0 saturated carbocycles. The lowest BCUT2D eigenvalue weighted by molar-refractivity contribution is 0.669. The smallest absolute Gasteiger partial charge is 0.160 e. The maximum Gasteiger partial charge on any atom is 0.160 e. The Morgan fingerprint density at radius 1 is 0.291 bits per heavy atom. The lowest BCUT2D eigenvalue weighted by atomic mass is 9.95. The third-order valence-electron chi connectivity index (χ3n) is 10.3. The maximum atomic E-state index is 6.18. The second-order valence-corrected chi connectivity index (χ2v) is 13.8. The molecule has 0 amide bonds. The summed E-state index contributed by atoms with van der Waals surface area (Å²) < 4.78 is 6.18. The molecule has 0 atom stereocenters. The van der Waals surface area contributed by atoms with Crippen LogP contribution in [0.3, 0.4) is 0 Å². The molecule has 55 heavy (non-hydrogen) atoms. The number of benzene rings is 8. The summed E-state index contributed by atoms with van der Waals surface area (Å²) in [5.41, 5.74) is 15.9. The highest BCUT2D eigenvalue weighted by Crippen LogP contribution is 2.38. The minimum atomic E-state index is 0.692. The predicted molar refractivity (Wildman–Crippen MR) is 227 cm³/mol. The van der Waals surface area contributed by atoms with E-state index in [1.165, 1.54) is 22.3 Å². The molecule has 0 radical (unpaired) electrons. The second-order valence-electron chi connectivity index (χ2n) is 13.8. The quantitative estimate of drug-likeness (QED) is 0.166. The van der Waals surface area contributed by atoms with Gasteiger partial charge in [0, 0.05) is 27.5 Å². The molecule has 2 aromatic heterocycles. The van der Waals surface area contributed by atoms with Gasteiger partial charge in [0.25, 0.3) is 0 Å². The van der Waals surface area contributed by atoms with Crippen molar-refractivity contribution in [1.82, 2.24) is 9.97 Å². The molecule has 0 N–H and O–H groups in total. The molecule has 0 unspecified atom stereocenters. The maximum absolute atomic E-state index is 6.18. The number of furan rings is 1.